The Morgan fingerprint density at radius 1 is 1.11 bits per heavy atom. The predicted octanol–water partition coefficient (Wildman–Crippen LogP) is 4.57. The smallest absolute Gasteiger partial charge is 0.278 e. The third-order valence-electron chi connectivity index (χ3n) is 4.53. The molecule has 0 spiro atoms. The van der Waals surface area contributed by atoms with Gasteiger partial charge < -0.3 is 5.32 Å². The van der Waals surface area contributed by atoms with Gasteiger partial charge in [-0.3, -0.25) is 4.79 Å². The van der Waals surface area contributed by atoms with Crippen molar-refractivity contribution in [3.05, 3.63) is 76.7 Å². The molecule has 140 valence electrons. The van der Waals surface area contributed by atoms with E-state index in [-0.39, 0.29) is 11.6 Å². The second-order valence-electron chi connectivity index (χ2n) is 6.38. The maximum absolute atomic E-state index is 12.7. The van der Waals surface area contributed by atoms with Gasteiger partial charge >= 0.3 is 0 Å². The molecule has 0 saturated carbocycles. The lowest BCUT2D eigenvalue weighted by molar-refractivity contribution is 0.102. The fraction of sp³-hybridized carbons (Fsp3) is 0.143. The summed E-state index contributed by atoms with van der Waals surface area (Å²) < 4.78 is 1.70. The second-order valence-corrected chi connectivity index (χ2v) is 6.81. The van der Waals surface area contributed by atoms with Gasteiger partial charge in [-0.05, 0) is 37.1 Å². The van der Waals surface area contributed by atoms with E-state index in [4.69, 9.17) is 11.6 Å². The van der Waals surface area contributed by atoms with Crippen molar-refractivity contribution in [3.63, 3.8) is 0 Å². The summed E-state index contributed by atoms with van der Waals surface area (Å²) in [5, 5.41) is 16.6. The maximum atomic E-state index is 12.7. The quantitative estimate of drug-likeness (QED) is 0.553. The Balaban J connectivity index is 1.78. The molecule has 6 nitrogen and oxygen atoms in total. The summed E-state index contributed by atoms with van der Waals surface area (Å²) in [5.41, 5.74) is 4.97. The molecule has 0 aliphatic heterocycles. The van der Waals surface area contributed by atoms with Crippen LogP contribution in [0.15, 0.2) is 54.6 Å². The van der Waals surface area contributed by atoms with Crippen LogP contribution in [0.2, 0.25) is 5.02 Å². The first-order chi connectivity index (χ1) is 13.6. The van der Waals surface area contributed by atoms with E-state index < -0.39 is 0 Å². The highest BCUT2D eigenvalue weighted by Crippen LogP contribution is 2.28. The van der Waals surface area contributed by atoms with Gasteiger partial charge in [0, 0.05) is 10.7 Å². The molecule has 0 bridgehead atoms. The first-order valence-electron chi connectivity index (χ1n) is 8.95. The Bertz CT molecular complexity index is 1170. The minimum atomic E-state index is -0.357. The number of aromatic nitrogens is 4. The Hall–Kier alpha value is -3.25. The fourth-order valence-electron chi connectivity index (χ4n) is 3.16. The Morgan fingerprint density at radius 3 is 2.61 bits per heavy atom. The predicted molar refractivity (Wildman–Crippen MR) is 110 cm³/mol. The number of amides is 1. The Morgan fingerprint density at radius 2 is 1.89 bits per heavy atom. The van der Waals surface area contributed by atoms with Gasteiger partial charge in [0.15, 0.2) is 11.3 Å². The molecule has 0 aliphatic carbocycles. The highest BCUT2D eigenvalue weighted by Gasteiger charge is 2.21. The Kier molecular flexibility index (Phi) is 4.79. The number of hydrogen-bond donors (Lipinski definition) is 1. The number of anilines is 1. The third-order valence-corrected chi connectivity index (χ3v) is 4.77. The van der Waals surface area contributed by atoms with Crippen molar-refractivity contribution in [1.82, 2.24) is 19.8 Å². The molecule has 1 amide bonds. The van der Waals surface area contributed by atoms with E-state index in [1.165, 1.54) is 0 Å². The zero-order valence-electron chi connectivity index (χ0n) is 15.5. The van der Waals surface area contributed by atoms with Crippen molar-refractivity contribution in [2.75, 3.05) is 5.32 Å². The van der Waals surface area contributed by atoms with Crippen molar-refractivity contribution in [2.24, 2.45) is 0 Å². The molecule has 0 atom stereocenters. The van der Waals surface area contributed by atoms with Crippen LogP contribution in [-0.2, 0) is 6.42 Å². The number of nitrogens with one attached hydrogen (secondary N) is 1. The van der Waals surface area contributed by atoms with Gasteiger partial charge in [0.25, 0.3) is 5.91 Å². The number of halogens is 1. The number of nitrogens with zero attached hydrogens (tertiary/aromatic N) is 4. The summed E-state index contributed by atoms with van der Waals surface area (Å²) in [4.78, 5) is 12.7. The number of aryl methyl sites for hydroxylation is 2. The molecule has 0 radical (unpaired) electrons. The van der Waals surface area contributed by atoms with E-state index >= 15 is 0 Å². The topological polar surface area (TPSA) is 72.2 Å². The van der Waals surface area contributed by atoms with E-state index in [2.05, 4.69) is 20.6 Å². The molecule has 2 aromatic carbocycles. The number of benzene rings is 2. The average Bonchev–Trinajstić information content (AvgIpc) is 3.08. The second kappa shape index (κ2) is 7.40. The summed E-state index contributed by atoms with van der Waals surface area (Å²) in [7, 11) is 0. The number of hydrogen-bond acceptors (Lipinski definition) is 4. The molecular formula is C21H18ClN5O. The van der Waals surface area contributed by atoms with Crippen LogP contribution < -0.4 is 5.32 Å². The monoisotopic (exact) mass is 391 g/mol. The normalized spacial score (nSPS) is 11.0. The maximum Gasteiger partial charge on any atom is 0.278 e. The van der Waals surface area contributed by atoms with Gasteiger partial charge in [-0.1, -0.05) is 54.9 Å². The summed E-state index contributed by atoms with van der Waals surface area (Å²) in [6.07, 6.45) is 0.747. The molecule has 4 aromatic rings. The minimum Gasteiger partial charge on any atom is -0.320 e. The SMILES string of the molecule is CCc1nn2c(C)c(C(=O)Nc3cccc(Cl)c3)nnc2c1-c1ccccc1. The van der Waals surface area contributed by atoms with E-state index in [9.17, 15) is 4.79 Å². The largest absolute Gasteiger partial charge is 0.320 e. The van der Waals surface area contributed by atoms with Crippen molar-refractivity contribution in [2.45, 2.75) is 20.3 Å². The number of rotatable bonds is 4. The zero-order chi connectivity index (χ0) is 19.7. The lowest BCUT2D eigenvalue weighted by Gasteiger charge is -2.08. The van der Waals surface area contributed by atoms with Crippen molar-refractivity contribution < 1.29 is 4.79 Å². The van der Waals surface area contributed by atoms with Crippen LogP contribution in [-0.4, -0.2) is 25.7 Å². The van der Waals surface area contributed by atoms with Crippen LogP contribution in [0.3, 0.4) is 0 Å². The molecule has 2 aromatic heterocycles. The standard InChI is InChI=1S/C21H18ClN5O/c1-3-17-18(14-8-5-4-6-9-14)20-25-24-19(13(2)27(20)26-17)21(28)23-16-11-7-10-15(22)12-16/h4-12H,3H2,1-2H3,(H,23,28). The van der Waals surface area contributed by atoms with Crippen molar-refractivity contribution in [3.8, 4) is 11.1 Å². The first-order valence-corrected chi connectivity index (χ1v) is 9.33. The average molecular weight is 392 g/mol. The van der Waals surface area contributed by atoms with Crippen LogP contribution >= 0.6 is 11.6 Å². The molecule has 0 saturated heterocycles. The van der Waals surface area contributed by atoms with Gasteiger partial charge in [-0.2, -0.15) is 5.10 Å². The first kappa shape index (κ1) is 18.1. The van der Waals surface area contributed by atoms with Crippen LogP contribution in [0.5, 0.6) is 0 Å². The van der Waals surface area contributed by atoms with E-state index in [0.717, 1.165) is 23.2 Å². The highest BCUT2D eigenvalue weighted by molar-refractivity contribution is 6.30. The number of carbonyl (C=O) groups excluding carboxylic acids is 1. The van der Waals surface area contributed by atoms with E-state index in [1.807, 2.05) is 44.2 Å². The Labute approximate surface area is 167 Å². The molecule has 2 heterocycles. The van der Waals surface area contributed by atoms with Crippen LogP contribution in [0.25, 0.3) is 16.8 Å². The molecular weight excluding hydrogens is 374 g/mol. The van der Waals surface area contributed by atoms with Gasteiger partial charge in [0.2, 0.25) is 0 Å². The zero-order valence-corrected chi connectivity index (χ0v) is 16.2. The van der Waals surface area contributed by atoms with Gasteiger partial charge in [0.05, 0.1) is 17.0 Å². The summed E-state index contributed by atoms with van der Waals surface area (Å²) in [6.45, 7) is 3.86. The molecule has 1 N–H and O–H groups in total. The summed E-state index contributed by atoms with van der Waals surface area (Å²) in [6, 6.07) is 16.9. The van der Waals surface area contributed by atoms with Crippen LogP contribution in [0.4, 0.5) is 5.69 Å². The molecule has 4 rings (SSSR count). The lowest BCUT2D eigenvalue weighted by Crippen LogP contribution is -2.18. The molecule has 28 heavy (non-hydrogen) atoms. The number of fused-ring (bicyclic) bond motifs is 1. The third kappa shape index (κ3) is 3.23. The minimum absolute atomic E-state index is 0.220. The van der Waals surface area contributed by atoms with E-state index in [0.29, 0.717) is 22.1 Å². The summed E-state index contributed by atoms with van der Waals surface area (Å²) >= 11 is 5.98. The molecule has 0 aliphatic rings. The van der Waals surface area contributed by atoms with E-state index in [1.54, 1.807) is 28.8 Å². The van der Waals surface area contributed by atoms with Gasteiger partial charge in [-0.15, -0.1) is 10.2 Å². The van der Waals surface area contributed by atoms with Gasteiger partial charge in [0.1, 0.15) is 0 Å². The lowest BCUT2D eigenvalue weighted by atomic mass is 10.0. The van der Waals surface area contributed by atoms with Crippen LogP contribution in [0.1, 0.15) is 28.8 Å². The molecule has 7 heteroatoms. The number of carbonyl (C=O) groups is 1. The van der Waals surface area contributed by atoms with Gasteiger partial charge in [-0.25, -0.2) is 4.52 Å². The highest BCUT2D eigenvalue weighted by atomic mass is 35.5. The summed E-state index contributed by atoms with van der Waals surface area (Å²) in [5.74, 6) is -0.357. The molecule has 0 fully saturated rings. The fourth-order valence-corrected chi connectivity index (χ4v) is 3.35. The van der Waals surface area contributed by atoms with Crippen molar-refractivity contribution >= 4 is 28.8 Å². The van der Waals surface area contributed by atoms with Crippen molar-refractivity contribution in [1.29, 1.82) is 0 Å². The van der Waals surface area contributed by atoms with Crippen LogP contribution in [0, 0.1) is 6.92 Å². The molecule has 0 unspecified atom stereocenters.